The molecule has 0 amide bonds. The van der Waals surface area contributed by atoms with Crippen molar-refractivity contribution in [1.29, 1.82) is 0 Å². The third-order valence-corrected chi connectivity index (χ3v) is 6.38. The Morgan fingerprint density at radius 2 is 1.52 bits per heavy atom. The van der Waals surface area contributed by atoms with Crippen LogP contribution in [0.1, 0.15) is 60.4 Å². The fourth-order valence-corrected chi connectivity index (χ4v) is 4.80. The van der Waals surface area contributed by atoms with E-state index in [-0.39, 0.29) is 6.04 Å². The normalized spacial score (nSPS) is 16.1. The summed E-state index contributed by atoms with van der Waals surface area (Å²) in [7, 11) is 0. The van der Waals surface area contributed by atoms with E-state index in [1.807, 2.05) is 0 Å². The van der Waals surface area contributed by atoms with Gasteiger partial charge in [0.2, 0.25) is 0 Å². The van der Waals surface area contributed by atoms with Crippen molar-refractivity contribution in [3.63, 3.8) is 0 Å². The van der Waals surface area contributed by atoms with Gasteiger partial charge >= 0.3 is 0 Å². The summed E-state index contributed by atoms with van der Waals surface area (Å²) in [6.07, 6.45) is 8.19. The van der Waals surface area contributed by atoms with Crippen molar-refractivity contribution in [3.05, 3.63) is 95.1 Å². The van der Waals surface area contributed by atoms with Gasteiger partial charge in [0.15, 0.2) is 0 Å². The van der Waals surface area contributed by atoms with Crippen molar-refractivity contribution >= 4 is 5.71 Å². The Hall–Kier alpha value is -2.87. The Labute approximate surface area is 173 Å². The Kier molecular flexibility index (Phi) is 5.17. The summed E-state index contributed by atoms with van der Waals surface area (Å²) < 4.78 is 0. The van der Waals surface area contributed by atoms with E-state index in [0.29, 0.717) is 0 Å². The second-order valence-corrected chi connectivity index (χ2v) is 8.31. The molecule has 0 spiro atoms. The Bertz CT molecular complexity index is 1010. The lowest BCUT2D eigenvalue weighted by molar-refractivity contribution is 0.544. The van der Waals surface area contributed by atoms with Crippen LogP contribution in [0, 0.1) is 0 Å². The largest absolute Gasteiger partial charge is 0.302 e. The first-order valence-corrected chi connectivity index (χ1v) is 10.9. The lowest BCUT2D eigenvalue weighted by Crippen LogP contribution is -2.21. The first-order valence-electron chi connectivity index (χ1n) is 10.9. The predicted octanol–water partition coefficient (Wildman–Crippen LogP) is 6.45. The Morgan fingerprint density at radius 1 is 0.759 bits per heavy atom. The zero-order chi connectivity index (χ0) is 19.5. The van der Waals surface area contributed by atoms with Crippen molar-refractivity contribution < 1.29 is 0 Å². The standard InChI is InChI=1S/C27H28N2/c1-3-10-20(11-4-1)27(29-28-23-14-5-2-6-15-23)19-22-13-9-17-25-24-16-8-7-12-21(24)18-26(22)25/h1,3-4,7-13,16-17,27,29H,2,5-6,14-15,18-19H2. The molecule has 2 aliphatic rings. The number of hydrogen-bond acceptors (Lipinski definition) is 2. The molecule has 3 aromatic carbocycles. The van der Waals surface area contributed by atoms with Gasteiger partial charge < -0.3 is 5.43 Å². The van der Waals surface area contributed by atoms with Crippen LogP contribution >= 0.6 is 0 Å². The van der Waals surface area contributed by atoms with Crippen LogP contribution < -0.4 is 5.43 Å². The number of fused-ring (bicyclic) bond motifs is 3. The number of nitrogens with one attached hydrogen (secondary N) is 1. The third-order valence-electron chi connectivity index (χ3n) is 6.38. The van der Waals surface area contributed by atoms with E-state index in [1.165, 1.54) is 58.4 Å². The first kappa shape index (κ1) is 18.2. The molecular formula is C27H28N2. The van der Waals surface area contributed by atoms with Crippen LogP contribution in [0.5, 0.6) is 0 Å². The van der Waals surface area contributed by atoms with Crippen LogP contribution in [0.4, 0.5) is 0 Å². The topological polar surface area (TPSA) is 24.4 Å². The van der Waals surface area contributed by atoms with Crippen molar-refractivity contribution in [2.75, 3.05) is 0 Å². The highest BCUT2D eigenvalue weighted by molar-refractivity contribution is 5.84. The average molecular weight is 381 g/mol. The minimum atomic E-state index is 0.195. The van der Waals surface area contributed by atoms with Crippen LogP contribution in [0.2, 0.25) is 0 Å². The maximum Gasteiger partial charge on any atom is 0.0729 e. The van der Waals surface area contributed by atoms with Gasteiger partial charge in [-0.15, -0.1) is 0 Å². The van der Waals surface area contributed by atoms with E-state index in [1.54, 1.807) is 0 Å². The Morgan fingerprint density at radius 3 is 2.38 bits per heavy atom. The van der Waals surface area contributed by atoms with E-state index in [4.69, 9.17) is 5.10 Å². The van der Waals surface area contributed by atoms with Gasteiger partial charge in [0.1, 0.15) is 0 Å². The van der Waals surface area contributed by atoms with Gasteiger partial charge in [-0.05, 0) is 71.9 Å². The smallest absolute Gasteiger partial charge is 0.0729 e. The fraction of sp³-hybridized carbons (Fsp3) is 0.296. The van der Waals surface area contributed by atoms with E-state index in [0.717, 1.165) is 25.7 Å². The molecule has 146 valence electrons. The molecule has 1 saturated carbocycles. The van der Waals surface area contributed by atoms with Crippen molar-refractivity contribution in [2.24, 2.45) is 5.10 Å². The second-order valence-electron chi connectivity index (χ2n) is 8.31. The number of rotatable bonds is 5. The van der Waals surface area contributed by atoms with Gasteiger partial charge in [-0.2, -0.15) is 5.10 Å². The van der Waals surface area contributed by atoms with E-state index in [2.05, 4.69) is 78.2 Å². The fourth-order valence-electron chi connectivity index (χ4n) is 4.80. The van der Waals surface area contributed by atoms with Crippen molar-refractivity contribution in [3.8, 4) is 11.1 Å². The summed E-state index contributed by atoms with van der Waals surface area (Å²) in [5.74, 6) is 0. The lowest BCUT2D eigenvalue weighted by Gasteiger charge is -2.21. The van der Waals surface area contributed by atoms with Gasteiger partial charge in [0.25, 0.3) is 0 Å². The highest BCUT2D eigenvalue weighted by Gasteiger charge is 2.22. The summed E-state index contributed by atoms with van der Waals surface area (Å²) in [5.41, 5.74) is 13.4. The highest BCUT2D eigenvalue weighted by atomic mass is 15.3. The highest BCUT2D eigenvalue weighted by Crippen LogP contribution is 2.39. The third kappa shape index (κ3) is 3.85. The second kappa shape index (κ2) is 8.24. The summed E-state index contributed by atoms with van der Waals surface area (Å²) in [6.45, 7) is 0. The number of benzene rings is 3. The van der Waals surface area contributed by atoms with E-state index >= 15 is 0 Å². The maximum absolute atomic E-state index is 4.86. The number of hydrazone groups is 1. The molecule has 0 heterocycles. The molecule has 5 rings (SSSR count). The first-order chi connectivity index (χ1) is 14.4. The molecule has 2 heteroatoms. The number of nitrogens with zero attached hydrogens (tertiary/aromatic N) is 1. The van der Waals surface area contributed by atoms with E-state index in [9.17, 15) is 0 Å². The van der Waals surface area contributed by atoms with E-state index < -0.39 is 0 Å². The molecule has 2 aliphatic carbocycles. The molecule has 1 unspecified atom stereocenters. The van der Waals surface area contributed by atoms with Gasteiger partial charge in [0.05, 0.1) is 6.04 Å². The van der Waals surface area contributed by atoms with Gasteiger partial charge in [-0.3, -0.25) is 0 Å². The molecule has 0 aliphatic heterocycles. The van der Waals surface area contributed by atoms with Crippen molar-refractivity contribution in [1.82, 2.24) is 5.43 Å². The minimum absolute atomic E-state index is 0.195. The maximum atomic E-state index is 4.86. The molecular weight excluding hydrogens is 352 g/mol. The molecule has 0 bridgehead atoms. The van der Waals surface area contributed by atoms with Gasteiger partial charge in [-0.1, -0.05) is 79.2 Å². The van der Waals surface area contributed by atoms with Crippen LogP contribution in [0.3, 0.4) is 0 Å². The molecule has 29 heavy (non-hydrogen) atoms. The van der Waals surface area contributed by atoms with Crippen LogP contribution in [-0.4, -0.2) is 5.71 Å². The summed E-state index contributed by atoms with van der Waals surface area (Å²) in [5, 5.41) is 4.86. The molecule has 1 atom stereocenters. The summed E-state index contributed by atoms with van der Waals surface area (Å²) >= 11 is 0. The molecule has 0 saturated heterocycles. The summed E-state index contributed by atoms with van der Waals surface area (Å²) in [6, 6.07) is 26.6. The zero-order valence-electron chi connectivity index (χ0n) is 16.9. The zero-order valence-corrected chi connectivity index (χ0v) is 16.9. The molecule has 1 fully saturated rings. The SMILES string of the molecule is c1ccc(C(Cc2cccc3c2Cc2ccccc2-3)NN=C2CCCCC2)cc1. The van der Waals surface area contributed by atoms with Crippen LogP contribution in [0.15, 0.2) is 77.9 Å². The lowest BCUT2D eigenvalue weighted by atomic mass is 9.93. The van der Waals surface area contributed by atoms with Crippen LogP contribution in [0.25, 0.3) is 11.1 Å². The van der Waals surface area contributed by atoms with Crippen molar-refractivity contribution in [2.45, 2.75) is 51.0 Å². The monoisotopic (exact) mass is 380 g/mol. The van der Waals surface area contributed by atoms with Gasteiger partial charge in [-0.25, -0.2) is 0 Å². The quantitative estimate of drug-likeness (QED) is 0.395. The minimum Gasteiger partial charge on any atom is -0.302 e. The molecule has 0 aromatic heterocycles. The molecule has 0 radical (unpaired) electrons. The van der Waals surface area contributed by atoms with Crippen LogP contribution in [-0.2, 0) is 12.8 Å². The summed E-state index contributed by atoms with van der Waals surface area (Å²) in [4.78, 5) is 0. The number of hydrogen-bond donors (Lipinski definition) is 1. The average Bonchev–Trinajstić information content (AvgIpc) is 3.17. The molecule has 1 N–H and O–H groups in total. The molecule has 2 nitrogen and oxygen atoms in total. The van der Waals surface area contributed by atoms with Gasteiger partial charge in [0, 0.05) is 5.71 Å². The molecule has 3 aromatic rings. The Balaban J connectivity index is 1.44. The predicted molar refractivity (Wildman–Crippen MR) is 121 cm³/mol.